The number of piperidine rings is 1. The van der Waals surface area contributed by atoms with Gasteiger partial charge in [0.15, 0.2) is 11.6 Å². The molecular formula is C15H21ClF3N3O4S. The maximum atomic E-state index is 13.8. The van der Waals surface area contributed by atoms with Crippen LogP contribution >= 0.6 is 12.4 Å². The Balaban J connectivity index is 0.00000364. The van der Waals surface area contributed by atoms with E-state index in [9.17, 15) is 26.4 Å². The number of rotatable bonds is 7. The molecular weight excluding hydrogens is 411 g/mol. The Morgan fingerprint density at radius 3 is 2.70 bits per heavy atom. The van der Waals surface area contributed by atoms with Crippen LogP contribution in [0, 0.1) is 11.7 Å². The molecule has 1 amide bonds. The zero-order valence-electron chi connectivity index (χ0n) is 14.2. The number of benzene rings is 1. The van der Waals surface area contributed by atoms with Crippen LogP contribution in [0.1, 0.15) is 12.8 Å². The van der Waals surface area contributed by atoms with E-state index in [0.717, 1.165) is 16.4 Å². The summed E-state index contributed by atoms with van der Waals surface area (Å²) in [7, 11) is -4.07. The maximum absolute atomic E-state index is 13.8. The molecule has 0 radical (unpaired) electrons. The van der Waals surface area contributed by atoms with E-state index in [0.29, 0.717) is 25.5 Å². The molecule has 0 bridgehead atoms. The number of carbonyl (C=O) groups is 1. The lowest BCUT2D eigenvalue weighted by Crippen LogP contribution is -2.46. The summed E-state index contributed by atoms with van der Waals surface area (Å²) in [4.78, 5) is 11.6. The smallest absolute Gasteiger partial charge is 0.387 e. The fraction of sp³-hybridized carbons (Fsp3) is 0.533. The number of hydrogen-bond acceptors (Lipinski definition) is 5. The second kappa shape index (κ2) is 10.1. The summed E-state index contributed by atoms with van der Waals surface area (Å²) in [5.41, 5.74) is 5.32. The standard InChI is InChI=1S/C15H20F3N3O4S.ClH/c16-12-8-11(3-4-13(12)25-15(17)18)26(23,24)21-7-1-2-10(9-21)14(22)20-6-5-19;/h3-4,8,10,15H,1-2,5-7,9,19H2,(H,20,22);1H. The highest BCUT2D eigenvalue weighted by molar-refractivity contribution is 7.89. The average Bonchev–Trinajstić information content (AvgIpc) is 2.61. The van der Waals surface area contributed by atoms with E-state index in [1.807, 2.05) is 0 Å². The van der Waals surface area contributed by atoms with Gasteiger partial charge in [-0.3, -0.25) is 4.79 Å². The molecule has 154 valence electrons. The summed E-state index contributed by atoms with van der Waals surface area (Å²) in [5.74, 6) is -2.77. The van der Waals surface area contributed by atoms with Crippen molar-refractivity contribution < 1.29 is 31.1 Å². The predicted molar refractivity (Wildman–Crippen MR) is 93.8 cm³/mol. The van der Waals surface area contributed by atoms with E-state index in [1.54, 1.807) is 0 Å². The van der Waals surface area contributed by atoms with Gasteiger partial charge in [-0.05, 0) is 31.0 Å². The maximum Gasteiger partial charge on any atom is 0.387 e. The molecule has 0 saturated carbocycles. The number of nitrogens with one attached hydrogen (secondary N) is 1. The normalized spacial score (nSPS) is 18.0. The Labute approximate surface area is 161 Å². The van der Waals surface area contributed by atoms with Crippen molar-refractivity contribution in [3.8, 4) is 5.75 Å². The molecule has 1 fully saturated rings. The van der Waals surface area contributed by atoms with Crippen LogP contribution in [-0.2, 0) is 14.8 Å². The molecule has 1 aliphatic heterocycles. The Morgan fingerprint density at radius 2 is 2.11 bits per heavy atom. The van der Waals surface area contributed by atoms with Gasteiger partial charge in [-0.25, -0.2) is 12.8 Å². The first kappa shape index (κ1) is 23.5. The summed E-state index contributed by atoms with van der Waals surface area (Å²) < 4.78 is 68.6. The minimum Gasteiger partial charge on any atom is -0.432 e. The summed E-state index contributed by atoms with van der Waals surface area (Å²) in [5, 5.41) is 2.62. The molecule has 1 aromatic rings. The summed E-state index contributed by atoms with van der Waals surface area (Å²) in [6.07, 6.45) is 0.993. The summed E-state index contributed by atoms with van der Waals surface area (Å²) in [6, 6.07) is 2.46. The molecule has 27 heavy (non-hydrogen) atoms. The lowest BCUT2D eigenvalue weighted by atomic mass is 9.99. The first-order valence-corrected chi connectivity index (χ1v) is 9.42. The largest absolute Gasteiger partial charge is 0.432 e. The molecule has 12 heteroatoms. The van der Waals surface area contributed by atoms with Crippen molar-refractivity contribution in [1.29, 1.82) is 0 Å². The van der Waals surface area contributed by atoms with Gasteiger partial charge in [-0.1, -0.05) is 0 Å². The van der Waals surface area contributed by atoms with Crippen LogP contribution in [0.3, 0.4) is 0 Å². The second-order valence-corrected chi connectivity index (χ2v) is 7.69. The number of sulfonamides is 1. The number of carbonyl (C=O) groups excluding carboxylic acids is 1. The van der Waals surface area contributed by atoms with Crippen molar-refractivity contribution in [3.63, 3.8) is 0 Å². The topological polar surface area (TPSA) is 102 Å². The third-order valence-electron chi connectivity index (χ3n) is 3.96. The number of alkyl halides is 2. The zero-order valence-corrected chi connectivity index (χ0v) is 15.9. The molecule has 7 nitrogen and oxygen atoms in total. The van der Waals surface area contributed by atoms with Crippen molar-refractivity contribution in [3.05, 3.63) is 24.0 Å². The molecule has 2 rings (SSSR count). The van der Waals surface area contributed by atoms with Crippen LogP contribution in [0.25, 0.3) is 0 Å². The van der Waals surface area contributed by atoms with Crippen molar-refractivity contribution in [1.82, 2.24) is 9.62 Å². The van der Waals surface area contributed by atoms with Gasteiger partial charge in [0, 0.05) is 26.2 Å². The fourth-order valence-corrected chi connectivity index (χ4v) is 4.23. The van der Waals surface area contributed by atoms with Gasteiger partial charge < -0.3 is 15.8 Å². The molecule has 1 aromatic carbocycles. The highest BCUT2D eigenvalue weighted by Gasteiger charge is 2.33. The first-order chi connectivity index (χ1) is 12.3. The number of nitrogens with two attached hydrogens (primary N) is 1. The molecule has 1 heterocycles. The summed E-state index contributed by atoms with van der Waals surface area (Å²) >= 11 is 0. The molecule has 3 N–H and O–H groups in total. The lowest BCUT2D eigenvalue weighted by Gasteiger charge is -2.31. The average molecular weight is 432 g/mol. The van der Waals surface area contributed by atoms with Crippen LogP contribution in [0.4, 0.5) is 13.2 Å². The van der Waals surface area contributed by atoms with Crippen LogP contribution in [0.2, 0.25) is 0 Å². The second-order valence-electron chi connectivity index (χ2n) is 5.75. The fourth-order valence-electron chi connectivity index (χ4n) is 2.70. The third kappa shape index (κ3) is 5.96. The van der Waals surface area contributed by atoms with E-state index in [2.05, 4.69) is 10.1 Å². The van der Waals surface area contributed by atoms with Gasteiger partial charge in [0.1, 0.15) is 0 Å². The molecule has 1 atom stereocenters. The molecule has 1 unspecified atom stereocenters. The number of amides is 1. The Hall–Kier alpha value is -1.56. The Kier molecular flexibility index (Phi) is 8.79. The van der Waals surface area contributed by atoms with Gasteiger partial charge in [-0.15, -0.1) is 12.4 Å². The van der Waals surface area contributed by atoms with Crippen molar-refractivity contribution >= 4 is 28.3 Å². The molecule has 0 spiro atoms. The van der Waals surface area contributed by atoms with Gasteiger partial charge in [-0.2, -0.15) is 13.1 Å². The van der Waals surface area contributed by atoms with Crippen molar-refractivity contribution in [2.45, 2.75) is 24.3 Å². The predicted octanol–water partition coefficient (Wildman–Crippen LogP) is 1.32. The van der Waals surface area contributed by atoms with Crippen LogP contribution in [-0.4, -0.2) is 51.4 Å². The van der Waals surface area contributed by atoms with Gasteiger partial charge >= 0.3 is 6.61 Å². The van der Waals surface area contributed by atoms with Crippen LogP contribution < -0.4 is 15.8 Å². The third-order valence-corrected chi connectivity index (χ3v) is 5.82. The van der Waals surface area contributed by atoms with Crippen LogP contribution in [0.15, 0.2) is 23.1 Å². The molecule has 0 aromatic heterocycles. The number of nitrogens with zero attached hydrogens (tertiary/aromatic N) is 1. The Bertz CT molecular complexity index is 752. The molecule has 1 aliphatic rings. The SMILES string of the molecule is Cl.NCCNC(=O)C1CCCN(S(=O)(=O)c2ccc(OC(F)F)c(F)c2)C1. The Morgan fingerprint density at radius 1 is 1.41 bits per heavy atom. The van der Waals surface area contributed by atoms with Crippen molar-refractivity contribution in [2.24, 2.45) is 11.7 Å². The first-order valence-electron chi connectivity index (χ1n) is 7.98. The monoisotopic (exact) mass is 431 g/mol. The van der Waals surface area contributed by atoms with E-state index < -0.39 is 34.1 Å². The van der Waals surface area contributed by atoms with E-state index >= 15 is 0 Å². The summed E-state index contributed by atoms with van der Waals surface area (Å²) in [6.45, 7) is -2.52. The number of hydrogen-bond donors (Lipinski definition) is 2. The van der Waals surface area contributed by atoms with Crippen molar-refractivity contribution in [2.75, 3.05) is 26.2 Å². The van der Waals surface area contributed by atoms with Crippen LogP contribution in [0.5, 0.6) is 5.75 Å². The molecule has 1 saturated heterocycles. The minimum absolute atomic E-state index is 0. The number of ether oxygens (including phenoxy) is 1. The number of halogens is 4. The zero-order chi connectivity index (χ0) is 19.3. The lowest BCUT2D eigenvalue weighted by molar-refractivity contribution is -0.126. The van der Waals surface area contributed by atoms with E-state index in [4.69, 9.17) is 5.73 Å². The van der Waals surface area contributed by atoms with E-state index in [-0.39, 0.29) is 42.8 Å². The van der Waals surface area contributed by atoms with Gasteiger partial charge in [0.05, 0.1) is 10.8 Å². The molecule has 0 aliphatic carbocycles. The minimum atomic E-state index is -4.07. The van der Waals surface area contributed by atoms with Gasteiger partial charge in [0.25, 0.3) is 0 Å². The highest BCUT2D eigenvalue weighted by Crippen LogP contribution is 2.27. The van der Waals surface area contributed by atoms with Gasteiger partial charge in [0.2, 0.25) is 15.9 Å². The quantitative estimate of drug-likeness (QED) is 0.678. The highest BCUT2D eigenvalue weighted by atomic mass is 35.5. The van der Waals surface area contributed by atoms with E-state index in [1.165, 1.54) is 0 Å².